The Hall–Kier alpha value is -1.43. The molecule has 6 heteroatoms. The first-order valence-corrected chi connectivity index (χ1v) is 8.57. The summed E-state index contributed by atoms with van der Waals surface area (Å²) in [4.78, 5) is 27.1. The second-order valence-electron chi connectivity index (χ2n) is 5.45. The van der Waals surface area contributed by atoms with Crippen LogP contribution in [0.2, 0.25) is 0 Å². The molecule has 1 aliphatic rings. The lowest BCUT2D eigenvalue weighted by atomic mass is 9.97. The van der Waals surface area contributed by atoms with Crippen molar-refractivity contribution in [2.45, 2.75) is 43.8 Å². The lowest BCUT2D eigenvalue weighted by molar-refractivity contribution is -0.151. The van der Waals surface area contributed by atoms with Crippen molar-refractivity contribution in [3.05, 3.63) is 18.1 Å². The van der Waals surface area contributed by atoms with Crippen LogP contribution in [0.3, 0.4) is 0 Å². The minimum Gasteiger partial charge on any atom is -0.468 e. The number of piperidine rings is 1. The minimum absolute atomic E-state index is 0.0666. The highest BCUT2D eigenvalue weighted by Crippen LogP contribution is 2.29. The number of furan rings is 1. The average molecular weight is 325 g/mol. The van der Waals surface area contributed by atoms with Crippen LogP contribution in [-0.2, 0) is 14.3 Å². The summed E-state index contributed by atoms with van der Waals surface area (Å²) in [7, 11) is 0. The molecule has 1 aliphatic heterocycles. The van der Waals surface area contributed by atoms with Gasteiger partial charge in [0.15, 0.2) is 0 Å². The number of aryl methyl sites for hydroxylation is 1. The van der Waals surface area contributed by atoms with Crippen molar-refractivity contribution < 1.29 is 18.7 Å². The van der Waals surface area contributed by atoms with Crippen LogP contribution in [0, 0.1) is 12.8 Å². The van der Waals surface area contributed by atoms with Gasteiger partial charge < -0.3 is 14.1 Å². The summed E-state index contributed by atoms with van der Waals surface area (Å²) >= 11 is 1.52. The quantitative estimate of drug-likeness (QED) is 0.615. The van der Waals surface area contributed by atoms with Crippen molar-refractivity contribution in [3.8, 4) is 0 Å². The molecule has 0 unspecified atom stereocenters. The topological polar surface area (TPSA) is 59.8 Å². The van der Waals surface area contributed by atoms with E-state index < -0.39 is 0 Å². The highest BCUT2D eigenvalue weighted by molar-refractivity contribution is 8.00. The molecule has 5 nitrogen and oxygen atoms in total. The molecular weight excluding hydrogens is 302 g/mol. The summed E-state index contributed by atoms with van der Waals surface area (Å²) in [5, 5.41) is -0.157. The molecule has 0 bridgehead atoms. The van der Waals surface area contributed by atoms with Gasteiger partial charge in [0.25, 0.3) is 0 Å². The number of ether oxygens (including phenoxy) is 1. The number of carbonyl (C=O) groups excluding carboxylic acids is 2. The number of rotatable bonds is 5. The molecule has 122 valence electrons. The monoisotopic (exact) mass is 325 g/mol. The highest BCUT2D eigenvalue weighted by atomic mass is 32.2. The van der Waals surface area contributed by atoms with E-state index in [2.05, 4.69) is 0 Å². The molecule has 1 atom stereocenters. The van der Waals surface area contributed by atoms with E-state index in [4.69, 9.17) is 9.15 Å². The Morgan fingerprint density at radius 1 is 1.45 bits per heavy atom. The van der Waals surface area contributed by atoms with E-state index in [1.54, 1.807) is 6.26 Å². The van der Waals surface area contributed by atoms with Gasteiger partial charge in [0, 0.05) is 18.0 Å². The van der Waals surface area contributed by atoms with Crippen molar-refractivity contribution in [3.63, 3.8) is 0 Å². The van der Waals surface area contributed by atoms with E-state index in [-0.39, 0.29) is 23.0 Å². The zero-order valence-corrected chi connectivity index (χ0v) is 14.1. The second kappa shape index (κ2) is 7.72. The highest BCUT2D eigenvalue weighted by Gasteiger charge is 2.30. The maximum atomic E-state index is 12.5. The van der Waals surface area contributed by atoms with Gasteiger partial charge in [-0.1, -0.05) is 0 Å². The molecule has 1 amide bonds. The van der Waals surface area contributed by atoms with Gasteiger partial charge in [-0.3, -0.25) is 9.59 Å². The SMILES string of the molecule is CCOC(=O)C1CCN(C(=O)[C@H](C)Sc2ccoc2C)CC1. The summed E-state index contributed by atoms with van der Waals surface area (Å²) in [6, 6.07) is 1.89. The standard InChI is InChI=1S/C16H23NO4S/c1-4-20-16(19)13-5-8-17(9-6-13)15(18)12(3)22-14-7-10-21-11(14)2/h7,10,12-13H,4-6,8-9H2,1-3H3/t12-/m0/s1. The van der Waals surface area contributed by atoms with E-state index in [0.29, 0.717) is 32.5 Å². The number of hydrogen-bond donors (Lipinski definition) is 0. The van der Waals surface area contributed by atoms with E-state index in [9.17, 15) is 9.59 Å². The molecule has 0 N–H and O–H groups in total. The minimum atomic E-state index is -0.157. The first-order chi connectivity index (χ1) is 10.5. The molecule has 0 aliphatic carbocycles. The molecule has 1 aromatic heterocycles. The third kappa shape index (κ3) is 4.06. The molecule has 1 fully saturated rings. The summed E-state index contributed by atoms with van der Waals surface area (Å²) in [6.07, 6.45) is 3.01. The van der Waals surface area contributed by atoms with E-state index in [1.807, 2.05) is 31.7 Å². The van der Waals surface area contributed by atoms with Gasteiger partial charge in [-0.2, -0.15) is 0 Å². The molecule has 0 spiro atoms. The number of nitrogens with zero attached hydrogens (tertiary/aromatic N) is 1. The Kier molecular flexibility index (Phi) is 5.94. The summed E-state index contributed by atoms with van der Waals surface area (Å²) in [5.74, 6) is 0.757. The average Bonchev–Trinajstić information content (AvgIpc) is 2.92. The molecule has 1 saturated heterocycles. The zero-order valence-electron chi connectivity index (χ0n) is 13.3. The molecule has 22 heavy (non-hydrogen) atoms. The van der Waals surface area contributed by atoms with Crippen LogP contribution >= 0.6 is 11.8 Å². The molecule has 2 heterocycles. The predicted octanol–water partition coefficient (Wildman–Crippen LogP) is 2.87. The Balaban J connectivity index is 1.84. The fourth-order valence-electron chi connectivity index (χ4n) is 2.59. The van der Waals surface area contributed by atoms with Gasteiger partial charge in [-0.25, -0.2) is 0 Å². The van der Waals surface area contributed by atoms with E-state index in [1.165, 1.54) is 11.8 Å². The Morgan fingerprint density at radius 3 is 2.68 bits per heavy atom. The van der Waals surface area contributed by atoms with Crippen molar-refractivity contribution in [1.29, 1.82) is 0 Å². The van der Waals surface area contributed by atoms with Crippen LogP contribution in [0.15, 0.2) is 21.6 Å². The maximum Gasteiger partial charge on any atom is 0.309 e. The molecule has 0 radical (unpaired) electrons. The third-order valence-corrected chi connectivity index (χ3v) is 5.12. The second-order valence-corrected chi connectivity index (χ2v) is 6.84. The molecular formula is C16H23NO4S. The largest absolute Gasteiger partial charge is 0.468 e. The van der Waals surface area contributed by atoms with Gasteiger partial charge in [0.05, 0.1) is 24.0 Å². The van der Waals surface area contributed by atoms with Gasteiger partial charge in [-0.05, 0) is 39.7 Å². The predicted molar refractivity (Wildman–Crippen MR) is 84.7 cm³/mol. The summed E-state index contributed by atoms with van der Waals surface area (Å²) in [5.41, 5.74) is 0. The lowest BCUT2D eigenvalue weighted by Crippen LogP contribution is -2.43. The van der Waals surface area contributed by atoms with Crippen LogP contribution < -0.4 is 0 Å². The summed E-state index contributed by atoms with van der Waals surface area (Å²) in [6.45, 7) is 7.28. The number of amides is 1. The smallest absolute Gasteiger partial charge is 0.309 e. The van der Waals surface area contributed by atoms with Crippen molar-refractivity contribution >= 4 is 23.6 Å². The third-order valence-electron chi connectivity index (χ3n) is 3.89. The Bertz CT molecular complexity index is 520. The molecule has 0 saturated carbocycles. The van der Waals surface area contributed by atoms with Gasteiger partial charge in [-0.15, -0.1) is 11.8 Å². The number of thioether (sulfide) groups is 1. The van der Waals surface area contributed by atoms with Crippen molar-refractivity contribution in [1.82, 2.24) is 4.90 Å². The lowest BCUT2D eigenvalue weighted by Gasteiger charge is -2.32. The number of esters is 1. The van der Waals surface area contributed by atoms with Gasteiger partial charge in [0.2, 0.25) is 5.91 Å². The van der Waals surface area contributed by atoms with Gasteiger partial charge in [0.1, 0.15) is 5.76 Å². The first-order valence-electron chi connectivity index (χ1n) is 7.69. The first kappa shape index (κ1) is 16.9. The normalized spacial score (nSPS) is 17.3. The number of likely N-dealkylation sites (tertiary alicyclic amines) is 1. The van der Waals surface area contributed by atoms with Crippen LogP contribution in [0.1, 0.15) is 32.4 Å². The van der Waals surface area contributed by atoms with E-state index in [0.717, 1.165) is 10.7 Å². The maximum absolute atomic E-state index is 12.5. The fraction of sp³-hybridized carbons (Fsp3) is 0.625. The van der Waals surface area contributed by atoms with Gasteiger partial charge >= 0.3 is 5.97 Å². The van der Waals surface area contributed by atoms with Crippen LogP contribution in [-0.4, -0.2) is 41.7 Å². The Morgan fingerprint density at radius 2 is 2.14 bits per heavy atom. The molecule has 0 aromatic carbocycles. The number of carbonyl (C=O) groups is 2. The van der Waals surface area contributed by atoms with Crippen LogP contribution in [0.5, 0.6) is 0 Å². The fourth-order valence-corrected chi connectivity index (χ4v) is 3.57. The van der Waals surface area contributed by atoms with Crippen LogP contribution in [0.4, 0.5) is 0 Å². The van der Waals surface area contributed by atoms with E-state index >= 15 is 0 Å². The zero-order chi connectivity index (χ0) is 16.1. The molecule has 1 aromatic rings. The van der Waals surface area contributed by atoms with Crippen molar-refractivity contribution in [2.24, 2.45) is 5.92 Å². The molecule has 2 rings (SSSR count). The van der Waals surface area contributed by atoms with Crippen molar-refractivity contribution in [2.75, 3.05) is 19.7 Å². The Labute approximate surface area is 135 Å². The number of hydrogen-bond acceptors (Lipinski definition) is 5. The summed E-state index contributed by atoms with van der Waals surface area (Å²) < 4.78 is 10.3. The van der Waals surface area contributed by atoms with Crippen LogP contribution in [0.25, 0.3) is 0 Å².